The molecule has 5 rings (SSSR count). The third-order valence-electron chi connectivity index (χ3n) is 5.98. The molecular weight excluding hydrogens is 409 g/mol. The Morgan fingerprint density at radius 2 is 2.03 bits per heavy atom. The van der Waals surface area contributed by atoms with E-state index in [0.29, 0.717) is 30.0 Å². The fourth-order valence-corrected chi connectivity index (χ4v) is 4.73. The van der Waals surface area contributed by atoms with Crippen LogP contribution in [0.4, 0.5) is 10.3 Å². The quantitative estimate of drug-likeness (QED) is 0.673. The number of carbonyl (C=O) groups excluding carboxylic acids is 1. The van der Waals surface area contributed by atoms with Crippen molar-refractivity contribution in [1.82, 2.24) is 29.9 Å². The zero-order valence-corrected chi connectivity index (χ0v) is 16.8. The predicted molar refractivity (Wildman–Crippen MR) is 108 cm³/mol. The number of hydrogen-bond donors (Lipinski definition) is 1. The molecule has 30 heavy (non-hydrogen) atoms. The summed E-state index contributed by atoms with van der Waals surface area (Å²) in [5.74, 6) is 0.136. The minimum Gasteiger partial charge on any atom is -0.352 e. The van der Waals surface area contributed by atoms with Crippen LogP contribution in [-0.4, -0.2) is 54.4 Å². The number of nitrogens with one attached hydrogen (secondary N) is 1. The van der Waals surface area contributed by atoms with Crippen LogP contribution in [0.2, 0.25) is 5.02 Å². The van der Waals surface area contributed by atoms with Crippen LogP contribution in [-0.2, 0) is 0 Å². The monoisotopic (exact) mass is 427 g/mol. The number of benzene rings is 1. The smallest absolute Gasteiger partial charge is 0.256 e. The summed E-state index contributed by atoms with van der Waals surface area (Å²) in [4.78, 5) is 25.0. The first kappa shape index (κ1) is 18.9. The number of nitrogens with zero attached hydrogens (tertiary/aromatic N) is 6. The van der Waals surface area contributed by atoms with Crippen molar-refractivity contribution in [3.8, 4) is 5.69 Å². The molecule has 1 aliphatic heterocycles. The molecule has 1 N–H and O–H groups in total. The van der Waals surface area contributed by atoms with Gasteiger partial charge in [0.15, 0.2) is 5.82 Å². The van der Waals surface area contributed by atoms with Gasteiger partial charge in [0.25, 0.3) is 5.91 Å². The van der Waals surface area contributed by atoms with Gasteiger partial charge >= 0.3 is 0 Å². The highest BCUT2D eigenvalue weighted by molar-refractivity contribution is 6.30. The van der Waals surface area contributed by atoms with Crippen LogP contribution in [0.25, 0.3) is 5.69 Å². The maximum absolute atomic E-state index is 14.6. The second-order valence-corrected chi connectivity index (χ2v) is 8.22. The van der Waals surface area contributed by atoms with E-state index in [1.165, 1.54) is 36.9 Å². The van der Waals surface area contributed by atoms with Crippen molar-refractivity contribution in [1.29, 1.82) is 0 Å². The SMILES string of the molecule is O=C(c1cccc(F)c1-n1nccn1)N1CC2CCC1(CNc1ncc(Cl)cn1)C2. The summed E-state index contributed by atoms with van der Waals surface area (Å²) < 4.78 is 14.6. The number of para-hydroxylation sites is 1. The molecule has 1 saturated heterocycles. The fourth-order valence-electron chi connectivity index (χ4n) is 4.64. The third-order valence-corrected chi connectivity index (χ3v) is 6.17. The third kappa shape index (κ3) is 3.19. The zero-order valence-electron chi connectivity index (χ0n) is 16.0. The van der Waals surface area contributed by atoms with E-state index in [1.54, 1.807) is 6.07 Å². The number of hydrogen-bond acceptors (Lipinski definition) is 6. The lowest BCUT2D eigenvalue weighted by atomic mass is 9.95. The number of likely N-dealkylation sites (tertiary alicyclic amines) is 1. The summed E-state index contributed by atoms with van der Waals surface area (Å²) in [7, 11) is 0. The van der Waals surface area contributed by atoms with Gasteiger partial charge in [-0.05, 0) is 37.3 Å². The molecule has 0 spiro atoms. The highest BCUT2D eigenvalue weighted by Gasteiger charge is 2.52. The second kappa shape index (κ2) is 7.32. The fraction of sp³-hybridized carbons (Fsp3) is 0.350. The molecular formula is C20H19ClFN7O. The Morgan fingerprint density at radius 1 is 1.27 bits per heavy atom. The largest absolute Gasteiger partial charge is 0.352 e. The Labute approximate surface area is 177 Å². The van der Waals surface area contributed by atoms with Crippen molar-refractivity contribution in [3.63, 3.8) is 0 Å². The highest BCUT2D eigenvalue weighted by atomic mass is 35.5. The van der Waals surface area contributed by atoms with Crippen LogP contribution in [0, 0.1) is 11.7 Å². The first-order valence-corrected chi connectivity index (χ1v) is 10.1. The van der Waals surface area contributed by atoms with Crippen molar-refractivity contribution in [2.24, 2.45) is 5.92 Å². The Hall–Kier alpha value is -3.07. The van der Waals surface area contributed by atoms with E-state index < -0.39 is 5.82 Å². The standard InChI is InChI=1S/C20H19ClFN7O/c21-14-9-23-19(24-10-14)25-12-20-5-4-13(8-20)11-28(20)18(30)15-2-1-3-16(22)17(15)29-26-6-7-27-29/h1-3,6-7,9-10,13H,4-5,8,11-12H2,(H,23,24,25). The maximum atomic E-state index is 14.6. The summed E-state index contributed by atoms with van der Waals surface area (Å²) in [6.45, 7) is 1.16. The number of carbonyl (C=O) groups is 1. The van der Waals surface area contributed by atoms with Gasteiger partial charge in [0.2, 0.25) is 5.95 Å². The molecule has 1 amide bonds. The summed E-state index contributed by atoms with van der Waals surface area (Å²) in [5, 5.41) is 11.7. The Kier molecular flexibility index (Phi) is 4.62. The van der Waals surface area contributed by atoms with Gasteiger partial charge in [-0.1, -0.05) is 17.7 Å². The van der Waals surface area contributed by atoms with E-state index in [1.807, 2.05) is 4.90 Å². The average Bonchev–Trinajstić information content (AvgIpc) is 3.49. The van der Waals surface area contributed by atoms with Crippen LogP contribution < -0.4 is 5.32 Å². The van der Waals surface area contributed by atoms with Crippen LogP contribution in [0.1, 0.15) is 29.6 Å². The van der Waals surface area contributed by atoms with Crippen LogP contribution in [0.5, 0.6) is 0 Å². The minimum absolute atomic E-state index is 0.0689. The molecule has 2 unspecified atom stereocenters. The lowest BCUT2D eigenvalue weighted by Crippen LogP contribution is -2.52. The first-order chi connectivity index (χ1) is 14.6. The van der Waals surface area contributed by atoms with E-state index in [-0.39, 0.29) is 22.7 Å². The molecule has 2 aromatic heterocycles. The minimum atomic E-state index is -0.539. The van der Waals surface area contributed by atoms with Crippen LogP contribution in [0.15, 0.2) is 43.0 Å². The van der Waals surface area contributed by atoms with Gasteiger partial charge in [0.1, 0.15) is 5.69 Å². The number of rotatable bonds is 5. The van der Waals surface area contributed by atoms with Crippen LogP contribution in [0.3, 0.4) is 0 Å². The number of fused-ring (bicyclic) bond motifs is 2. The van der Waals surface area contributed by atoms with Crippen molar-refractivity contribution in [2.45, 2.75) is 24.8 Å². The molecule has 154 valence electrons. The molecule has 1 aliphatic carbocycles. The van der Waals surface area contributed by atoms with Gasteiger partial charge in [0, 0.05) is 13.1 Å². The van der Waals surface area contributed by atoms with Gasteiger partial charge < -0.3 is 10.2 Å². The number of aromatic nitrogens is 5. The van der Waals surface area contributed by atoms with Gasteiger partial charge in [-0.25, -0.2) is 14.4 Å². The maximum Gasteiger partial charge on any atom is 0.256 e. The van der Waals surface area contributed by atoms with E-state index in [9.17, 15) is 9.18 Å². The lowest BCUT2D eigenvalue weighted by Gasteiger charge is -2.39. The van der Waals surface area contributed by atoms with E-state index in [2.05, 4.69) is 25.5 Å². The van der Waals surface area contributed by atoms with Crippen LogP contribution >= 0.6 is 11.6 Å². The van der Waals surface area contributed by atoms with Crippen molar-refractivity contribution in [3.05, 3.63) is 59.4 Å². The average molecular weight is 428 g/mol. The Morgan fingerprint density at radius 3 is 2.77 bits per heavy atom. The van der Waals surface area contributed by atoms with Gasteiger partial charge in [0.05, 0.1) is 40.9 Å². The molecule has 3 heterocycles. The van der Waals surface area contributed by atoms with Gasteiger partial charge in [-0.15, -0.1) is 4.80 Å². The normalized spacial score (nSPS) is 22.5. The zero-order chi connectivity index (χ0) is 20.7. The van der Waals surface area contributed by atoms with Crippen molar-refractivity contribution in [2.75, 3.05) is 18.4 Å². The van der Waals surface area contributed by atoms with Crippen molar-refractivity contribution < 1.29 is 9.18 Å². The summed E-state index contributed by atoms with van der Waals surface area (Å²) in [5.41, 5.74) is -0.0495. The molecule has 10 heteroatoms. The molecule has 2 bridgehead atoms. The molecule has 1 aromatic carbocycles. The molecule has 2 fully saturated rings. The first-order valence-electron chi connectivity index (χ1n) is 9.74. The molecule has 2 aliphatic rings. The van der Waals surface area contributed by atoms with E-state index >= 15 is 0 Å². The van der Waals surface area contributed by atoms with Crippen molar-refractivity contribution >= 4 is 23.5 Å². The van der Waals surface area contributed by atoms with E-state index in [0.717, 1.165) is 24.1 Å². The molecule has 3 aromatic rings. The second-order valence-electron chi connectivity index (χ2n) is 7.78. The van der Waals surface area contributed by atoms with Gasteiger partial charge in [-0.3, -0.25) is 4.79 Å². The Balaban J connectivity index is 1.44. The molecule has 2 atom stereocenters. The Bertz CT molecular complexity index is 1080. The number of anilines is 1. The number of piperidine rings is 1. The topological polar surface area (TPSA) is 88.8 Å². The molecule has 8 nitrogen and oxygen atoms in total. The molecule has 1 saturated carbocycles. The molecule has 0 radical (unpaired) electrons. The van der Waals surface area contributed by atoms with E-state index in [4.69, 9.17) is 11.6 Å². The van der Waals surface area contributed by atoms with Gasteiger partial charge in [-0.2, -0.15) is 10.2 Å². The summed E-state index contributed by atoms with van der Waals surface area (Å²) in [6.07, 6.45) is 8.79. The highest BCUT2D eigenvalue weighted by Crippen LogP contribution is 2.47. The summed E-state index contributed by atoms with van der Waals surface area (Å²) >= 11 is 5.85. The number of amides is 1. The summed E-state index contributed by atoms with van der Waals surface area (Å²) in [6, 6.07) is 4.47. The predicted octanol–water partition coefficient (Wildman–Crippen LogP) is 2.96. The lowest BCUT2D eigenvalue weighted by molar-refractivity contribution is 0.0566. The number of halogens is 2.